The van der Waals surface area contributed by atoms with Crippen molar-refractivity contribution in [3.05, 3.63) is 35.6 Å². The van der Waals surface area contributed by atoms with E-state index in [1.165, 1.54) is 18.9 Å². The summed E-state index contributed by atoms with van der Waals surface area (Å²) in [5.41, 5.74) is 6.80. The highest BCUT2D eigenvalue weighted by Gasteiger charge is 2.40. The first-order valence-corrected chi connectivity index (χ1v) is 7.73. The van der Waals surface area contributed by atoms with Gasteiger partial charge >= 0.3 is 0 Å². The Kier molecular flexibility index (Phi) is 4.82. The number of likely N-dealkylation sites (tertiary alicyclic amines) is 1. The van der Waals surface area contributed by atoms with Gasteiger partial charge in [0.25, 0.3) is 0 Å². The van der Waals surface area contributed by atoms with E-state index in [1.807, 2.05) is 12.1 Å². The van der Waals surface area contributed by atoms with Gasteiger partial charge in [-0.2, -0.15) is 0 Å². The van der Waals surface area contributed by atoms with Crippen LogP contribution >= 0.6 is 0 Å². The van der Waals surface area contributed by atoms with E-state index in [9.17, 15) is 4.39 Å². The number of hydrogen-bond donors (Lipinski definition) is 1. The van der Waals surface area contributed by atoms with Crippen molar-refractivity contribution >= 4 is 0 Å². The van der Waals surface area contributed by atoms with Gasteiger partial charge in [-0.05, 0) is 51.3 Å². The molecular formula is C17H27FN2. The van der Waals surface area contributed by atoms with Gasteiger partial charge in [0.2, 0.25) is 0 Å². The maximum Gasteiger partial charge on any atom is 0.128 e. The predicted octanol–water partition coefficient (Wildman–Crippen LogP) is 3.51. The van der Waals surface area contributed by atoms with E-state index in [0.717, 1.165) is 19.5 Å². The molecule has 1 saturated heterocycles. The van der Waals surface area contributed by atoms with Gasteiger partial charge < -0.3 is 5.73 Å². The van der Waals surface area contributed by atoms with Crippen LogP contribution in [0.1, 0.15) is 45.6 Å². The van der Waals surface area contributed by atoms with E-state index in [1.54, 1.807) is 6.07 Å². The second-order valence-corrected chi connectivity index (χ2v) is 6.54. The zero-order valence-corrected chi connectivity index (χ0v) is 12.9. The molecule has 0 spiro atoms. The van der Waals surface area contributed by atoms with Crippen LogP contribution in [0.25, 0.3) is 0 Å². The van der Waals surface area contributed by atoms with Crippen LogP contribution in [0.2, 0.25) is 0 Å². The summed E-state index contributed by atoms with van der Waals surface area (Å²) < 4.78 is 14.3. The topological polar surface area (TPSA) is 29.3 Å². The van der Waals surface area contributed by atoms with Crippen molar-refractivity contribution in [2.45, 2.75) is 51.6 Å². The van der Waals surface area contributed by atoms with E-state index in [-0.39, 0.29) is 11.9 Å². The quantitative estimate of drug-likeness (QED) is 0.893. The van der Waals surface area contributed by atoms with Crippen LogP contribution in [-0.4, -0.2) is 24.0 Å². The molecule has 0 aliphatic carbocycles. The highest BCUT2D eigenvalue weighted by atomic mass is 19.1. The monoisotopic (exact) mass is 278 g/mol. The minimum absolute atomic E-state index is 0.157. The Labute approximate surface area is 122 Å². The molecule has 1 fully saturated rings. The zero-order valence-electron chi connectivity index (χ0n) is 12.9. The van der Waals surface area contributed by atoms with Crippen molar-refractivity contribution < 1.29 is 4.39 Å². The summed E-state index contributed by atoms with van der Waals surface area (Å²) in [6.07, 6.45) is 3.24. The zero-order chi connectivity index (χ0) is 14.8. The fourth-order valence-electron chi connectivity index (χ4n) is 3.47. The molecule has 2 unspecified atom stereocenters. The molecule has 1 heterocycles. The highest BCUT2D eigenvalue weighted by Crippen LogP contribution is 2.35. The molecule has 0 bridgehead atoms. The average Bonchev–Trinajstić information content (AvgIpc) is 2.91. The van der Waals surface area contributed by atoms with Gasteiger partial charge in [-0.15, -0.1) is 0 Å². The van der Waals surface area contributed by atoms with Gasteiger partial charge in [-0.25, -0.2) is 4.39 Å². The molecule has 2 N–H and O–H groups in total. The number of nitrogens with two attached hydrogens (primary N) is 1. The lowest BCUT2D eigenvalue weighted by Crippen LogP contribution is -2.55. The summed E-state index contributed by atoms with van der Waals surface area (Å²) in [7, 11) is 0. The molecule has 0 saturated carbocycles. The molecule has 1 aliphatic heterocycles. The lowest BCUT2D eigenvalue weighted by atomic mass is 9.77. The van der Waals surface area contributed by atoms with Crippen molar-refractivity contribution in [2.75, 3.05) is 13.1 Å². The molecule has 2 rings (SSSR count). The summed E-state index contributed by atoms with van der Waals surface area (Å²) in [5, 5.41) is 0. The van der Waals surface area contributed by atoms with Crippen molar-refractivity contribution in [1.29, 1.82) is 0 Å². The SMILES string of the molecule is CC(C)CC(N)(c1ccccc1F)C(C)N1CCCC1. The van der Waals surface area contributed by atoms with Crippen LogP contribution in [0.15, 0.2) is 24.3 Å². The Balaban J connectivity index is 2.36. The summed E-state index contributed by atoms with van der Waals surface area (Å²) >= 11 is 0. The van der Waals surface area contributed by atoms with Crippen LogP contribution in [0.3, 0.4) is 0 Å². The van der Waals surface area contributed by atoms with Gasteiger partial charge in [-0.3, -0.25) is 4.90 Å². The molecule has 0 amide bonds. The second kappa shape index (κ2) is 6.23. The van der Waals surface area contributed by atoms with E-state index >= 15 is 0 Å². The third-order valence-corrected chi connectivity index (χ3v) is 4.56. The van der Waals surface area contributed by atoms with Crippen molar-refractivity contribution in [3.8, 4) is 0 Å². The maximum absolute atomic E-state index is 14.3. The smallest absolute Gasteiger partial charge is 0.128 e. The molecular weight excluding hydrogens is 251 g/mol. The van der Waals surface area contributed by atoms with Crippen LogP contribution in [0.5, 0.6) is 0 Å². The molecule has 3 heteroatoms. The average molecular weight is 278 g/mol. The lowest BCUT2D eigenvalue weighted by Gasteiger charge is -2.42. The minimum atomic E-state index is -0.621. The first-order valence-electron chi connectivity index (χ1n) is 7.73. The Bertz CT molecular complexity index is 440. The minimum Gasteiger partial charge on any atom is -0.320 e. The Morgan fingerprint density at radius 1 is 1.20 bits per heavy atom. The Morgan fingerprint density at radius 3 is 2.35 bits per heavy atom. The summed E-state index contributed by atoms with van der Waals surface area (Å²) in [6, 6.07) is 7.15. The van der Waals surface area contributed by atoms with E-state index in [2.05, 4.69) is 25.7 Å². The van der Waals surface area contributed by atoms with Crippen molar-refractivity contribution in [1.82, 2.24) is 4.90 Å². The molecule has 2 atom stereocenters. The molecule has 1 aromatic carbocycles. The Morgan fingerprint density at radius 2 is 1.80 bits per heavy atom. The van der Waals surface area contributed by atoms with E-state index < -0.39 is 5.54 Å². The summed E-state index contributed by atoms with van der Waals surface area (Å²) in [5.74, 6) is 0.256. The fraction of sp³-hybridized carbons (Fsp3) is 0.647. The molecule has 2 nitrogen and oxygen atoms in total. The number of nitrogens with zero attached hydrogens (tertiary/aromatic N) is 1. The molecule has 0 radical (unpaired) electrons. The number of hydrogen-bond acceptors (Lipinski definition) is 2. The van der Waals surface area contributed by atoms with Gasteiger partial charge in [0.05, 0.1) is 5.54 Å². The highest BCUT2D eigenvalue weighted by molar-refractivity contribution is 5.28. The van der Waals surface area contributed by atoms with Gasteiger partial charge in [-0.1, -0.05) is 32.0 Å². The van der Waals surface area contributed by atoms with Gasteiger partial charge in [0, 0.05) is 11.6 Å². The van der Waals surface area contributed by atoms with Crippen LogP contribution < -0.4 is 5.73 Å². The van der Waals surface area contributed by atoms with E-state index in [4.69, 9.17) is 5.73 Å². The predicted molar refractivity (Wildman–Crippen MR) is 82.0 cm³/mol. The molecule has 0 aromatic heterocycles. The summed E-state index contributed by atoms with van der Waals surface area (Å²) in [6.45, 7) is 8.61. The molecule has 112 valence electrons. The number of halogens is 1. The maximum atomic E-state index is 14.3. The van der Waals surface area contributed by atoms with Gasteiger partial charge in [0.1, 0.15) is 5.82 Å². The number of rotatable bonds is 5. The number of benzene rings is 1. The molecule has 1 aliphatic rings. The van der Waals surface area contributed by atoms with Crippen molar-refractivity contribution in [3.63, 3.8) is 0 Å². The standard InChI is InChI=1S/C17H27FN2/c1-13(2)12-17(19,14(3)20-10-6-7-11-20)15-8-4-5-9-16(15)18/h4-5,8-9,13-14H,6-7,10-12,19H2,1-3H3. The first-order chi connectivity index (χ1) is 9.45. The van der Waals surface area contributed by atoms with Crippen LogP contribution in [0.4, 0.5) is 4.39 Å². The van der Waals surface area contributed by atoms with Crippen LogP contribution in [-0.2, 0) is 5.54 Å². The van der Waals surface area contributed by atoms with Crippen molar-refractivity contribution in [2.24, 2.45) is 11.7 Å². The summed E-state index contributed by atoms with van der Waals surface area (Å²) in [4.78, 5) is 2.41. The Hall–Kier alpha value is -0.930. The molecule has 1 aromatic rings. The normalized spacial score (nSPS) is 21.1. The molecule has 20 heavy (non-hydrogen) atoms. The second-order valence-electron chi connectivity index (χ2n) is 6.54. The third kappa shape index (κ3) is 3.04. The fourth-order valence-corrected chi connectivity index (χ4v) is 3.47. The van der Waals surface area contributed by atoms with Gasteiger partial charge in [0.15, 0.2) is 0 Å². The third-order valence-electron chi connectivity index (χ3n) is 4.56. The lowest BCUT2D eigenvalue weighted by molar-refractivity contribution is 0.137. The first kappa shape index (κ1) is 15.5. The largest absolute Gasteiger partial charge is 0.320 e. The van der Waals surface area contributed by atoms with E-state index in [0.29, 0.717) is 11.5 Å². The van der Waals surface area contributed by atoms with Crippen LogP contribution in [0, 0.1) is 11.7 Å².